The van der Waals surface area contributed by atoms with E-state index in [2.05, 4.69) is 6.92 Å². The van der Waals surface area contributed by atoms with Gasteiger partial charge < -0.3 is 15.5 Å². The highest BCUT2D eigenvalue weighted by atomic mass is 16.2. The molecule has 0 saturated heterocycles. The lowest BCUT2D eigenvalue weighted by Crippen LogP contribution is -2.39. The predicted octanol–water partition coefficient (Wildman–Crippen LogP) is 1.96. The Morgan fingerprint density at radius 3 is 2.50 bits per heavy atom. The number of hydrogen-bond donors (Lipinski definition) is 1. The zero-order valence-electron chi connectivity index (χ0n) is 11.5. The lowest BCUT2D eigenvalue weighted by molar-refractivity contribution is -0.128. The molecular weight excluding hydrogens is 226 g/mol. The van der Waals surface area contributed by atoms with E-state index < -0.39 is 0 Å². The molecule has 100 valence electrons. The first-order valence-electron chi connectivity index (χ1n) is 6.43. The molecule has 0 heterocycles. The van der Waals surface area contributed by atoms with E-state index in [4.69, 9.17) is 5.73 Å². The number of carbonyl (C=O) groups excluding carboxylic acids is 1. The molecule has 1 aromatic rings. The van der Waals surface area contributed by atoms with Crippen LogP contribution in [0.3, 0.4) is 0 Å². The highest BCUT2D eigenvalue weighted by Gasteiger charge is 2.15. The number of nitrogens with two attached hydrogens (primary N) is 1. The van der Waals surface area contributed by atoms with Crippen LogP contribution >= 0.6 is 0 Å². The SMILES string of the molecule is CCCN(CC(=O)N(C)CC)c1ccccc1N. The summed E-state index contributed by atoms with van der Waals surface area (Å²) in [5.41, 5.74) is 7.63. The molecule has 2 N–H and O–H groups in total. The largest absolute Gasteiger partial charge is 0.397 e. The van der Waals surface area contributed by atoms with Crippen molar-refractivity contribution in [3.8, 4) is 0 Å². The van der Waals surface area contributed by atoms with Crippen LogP contribution in [0.25, 0.3) is 0 Å². The minimum atomic E-state index is 0.120. The molecule has 0 aromatic heterocycles. The van der Waals surface area contributed by atoms with Crippen LogP contribution in [0.1, 0.15) is 20.3 Å². The van der Waals surface area contributed by atoms with E-state index in [0.717, 1.165) is 30.9 Å². The molecule has 4 nitrogen and oxygen atoms in total. The highest BCUT2D eigenvalue weighted by molar-refractivity contribution is 5.83. The van der Waals surface area contributed by atoms with Crippen molar-refractivity contribution in [3.05, 3.63) is 24.3 Å². The van der Waals surface area contributed by atoms with Crippen LogP contribution in [0.4, 0.5) is 11.4 Å². The molecule has 4 heteroatoms. The number of para-hydroxylation sites is 2. The number of nitrogens with zero attached hydrogens (tertiary/aromatic N) is 2. The molecule has 0 saturated carbocycles. The van der Waals surface area contributed by atoms with Crippen LogP contribution in [0.15, 0.2) is 24.3 Å². The first-order valence-corrected chi connectivity index (χ1v) is 6.43. The molecule has 0 aliphatic heterocycles. The van der Waals surface area contributed by atoms with E-state index in [1.807, 2.05) is 43.1 Å². The van der Waals surface area contributed by atoms with E-state index in [9.17, 15) is 4.79 Å². The maximum atomic E-state index is 12.0. The van der Waals surface area contributed by atoms with Crippen molar-refractivity contribution in [2.75, 3.05) is 37.3 Å². The molecule has 0 aliphatic rings. The summed E-state index contributed by atoms with van der Waals surface area (Å²) in [6.45, 7) is 6.01. The van der Waals surface area contributed by atoms with Crippen LogP contribution in [0.5, 0.6) is 0 Å². The summed E-state index contributed by atoms with van der Waals surface area (Å²) in [7, 11) is 1.82. The van der Waals surface area contributed by atoms with Gasteiger partial charge in [-0.3, -0.25) is 4.79 Å². The normalized spacial score (nSPS) is 10.2. The number of carbonyl (C=O) groups is 1. The fraction of sp³-hybridized carbons (Fsp3) is 0.500. The zero-order chi connectivity index (χ0) is 13.5. The molecule has 1 aromatic carbocycles. The predicted molar refractivity (Wildman–Crippen MR) is 76.7 cm³/mol. The summed E-state index contributed by atoms with van der Waals surface area (Å²) >= 11 is 0. The van der Waals surface area contributed by atoms with Crippen LogP contribution < -0.4 is 10.6 Å². The van der Waals surface area contributed by atoms with Crippen LogP contribution in [-0.4, -0.2) is 37.5 Å². The van der Waals surface area contributed by atoms with Crippen molar-refractivity contribution in [3.63, 3.8) is 0 Å². The van der Waals surface area contributed by atoms with Crippen molar-refractivity contribution in [1.82, 2.24) is 4.90 Å². The van der Waals surface area contributed by atoms with Crippen molar-refractivity contribution in [2.45, 2.75) is 20.3 Å². The molecule has 0 fully saturated rings. The van der Waals surface area contributed by atoms with Gasteiger partial charge in [0, 0.05) is 20.1 Å². The van der Waals surface area contributed by atoms with Gasteiger partial charge in [0.1, 0.15) is 0 Å². The third-order valence-electron chi connectivity index (χ3n) is 3.00. The second kappa shape index (κ2) is 6.89. The number of anilines is 2. The summed E-state index contributed by atoms with van der Waals surface area (Å²) in [4.78, 5) is 15.8. The van der Waals surface area contributed by atoms with Gasteiger partial charge in [-0.15, -0.1) is 0 Å². The van der Waals surface area contributed by atoms with E-state index in [-0.39, 0.29) is 5.91 Å². The first kappa shape index (κ1) is 14.4. The maximum absolute atomic E-state index is 12.0. The molecular formula is C14H23N3O. The van der Waals surface area contributed by atoms with Gasteiger partial charge >= 0.3 is 0 Å². The van der Waals surface area contributed by atoms with Gasteiger partial charge in [0.15, 0.2) is 0 Å². The molecule has 0 atom stereocenters. The second-order valence-electron chi connectivity index (χ2n) is 4.39. The van der Waals surface area contributed by atoms with Gasteiger partial charge in [0.05, 0.1) is 17.9 Å². The summed E-state index contributed by atoms with van der Waals surface area (Å²) in [5.74, 6) is 0.120. The fourth-order valence-corrected chi connectivity index (χ4v) is 1.79. The third-order valence-corrected chi connectivity index (χ3v) is 3.00. The molecule has 0 radical (unpaired) electrons. The number of amides is 1. The quantitative estimate of drug-likeness (QED) is 0.784. The zero-order valence-corrected chi connectivity index (χ0v) is 11.5. The molecule has 1 amide bonds. The minimum Gasteiger partial charge on any atom is -0.397 e. The smallest absolute Gasteiger partial charge is 0.241 e. The summed E-state index contributed by atoms with van der Waals surface area (Å²) in [5, 5.41) is 0. The summed E-state index contributed by atoms with van der Waals surface area (Å²) in [6.07, 6.45) is 0.984. The highest BCUT2D eigenvalue weighted by Crippen LogP contribution is 2.22. The lowest BCUT2D eigenvalue weighted by Gasteiger charge is -2.27. The molecule has 18 heavy (non-hydrogen) atoms. The maximum Gasteiger partial charge on any atom is 0.241 e. The average Bonchev–Trinajstić information content (AvgIpc) is 2.37. The third kappa shape index (κ3) is 3.65. The van der Waals surface area contributed by atoms with Gasteiger partial charge in [-0.05, 0) is 25.5 Å². The Morgan fingerprint density at radius 1 is 1.28 bits per heavy atom. The van der Waals surface area contributed by atoms with Gasteiger partial charge in [0.2, 0.25) is 5.91 Å². The van der Waals surface area contributed by atoms with E-state index >= 15 is 0 Å². The van der Waals surface area contributed by atoms with Crippen molar-refractivity contribution in [1.29, 1.82) is 0 Å². The topological polar surface area (TPSA) is 49.6 Å². The Kier molecular flexibility index (Phi) is 5.49. The Morgan fingerprint density at radius 2 is 1.94 bits per heavy atom. The molecule has 0 aliphatic carbocycles. The number of nitrogen functional groups attached to an aromatic ring is 1. The van der Waals surface area contributed by atoms with Crippen LogP contribution in [0, 0.1) is 0 Å². The molecule has 1 rings (SSSR count). The Bertz CT molecular complexity index is 392. The van der Waals surface area contributed by atoms with Gasteiger partial charge in [0.25, 0.3) is 0 Å². The molecule has 0 spiro atoms. The van der Waals surface area contributed by atoms with Crippen LogP contribution in [0.2, 0.25) is 0 Å². The first-order chi connectivity index (χ1) is 8.60. The second-order valence-corrected chi connectivity index (χ2v) is 4.39. The van der Waals surface area contributed by atoms with Gasteiger partial charge in [-0.25, -0.2) is 0 Å². The van der Waals surface area contributed by atoms with Crippen molar-refractivity contribution in [2.24, 2.45) is 0 Å². The van der Waals surface area contributed by atoms with Crippen LogP contribution in [-0.2, 0) is 4.79 Å². The molecule has 0 unspecified atom stereocenters. The fourth-order valence-electron chi connectivity index (χ4n) is 1.79. The number of likely N-dealkylation sites (N-methyl/N-ethyl adjacent to an activating group) is 1. The van der Waals surface area contributed by atoms with Gasteiger partial charge in [-0.2, -0.15) is 0 Å². The van der Waals surface area contributed by atoms with Crippen molar-refractivity contribution >= 4 is 17.3 Å². The Balaban J connectivity index is 2.83. The van der Waals surface area contributed by atoms with Gasteiger partial charge in [-0.1, -0.05) is 19.1 Å². The lowest BCUT2D eigenvalue weighted by atomic mass is 10.2. The van der Waals surface area contributed by atoms with E-state index in [0.29, 0.717) is 6.54 Å². The monoisotopic (exact) mass is 249 g/mol. The average molecular weight is 249 g/mol. The summed E-state index contributed by atoms with van der Waals surface area (Å²) < 4.78 is 0. The number of hydrogen-bond acceptors (Lipinski definition) is 3. The van der Waals surface area contributed by atoms with E-state index in [1.165, 1.54) is 0 Å². The van der Waals surface area contributed by atoms with E-state index in [1.54, 1.807) is 4.90 Å². The summed E-state index contributed by atoms with van der Waals surface area (Å²) in [6, 6.07) is 7.68. The standard InChI is InChI=1S/C14H23N3O/c1-4-10-17(11-14(18)16(3)5-2)13-9-7-6-8-12(13)15/h6-9H,4-5,10-11,15H2,1-3H3. The number of benzene rings is 1. The molecule has 0 bridgehead atoms. The Hall–Kier alpha value is -1.71. The van der Waals surface area contributed by atoms with Crippen molar-refractivity contribution < 1.29 is 4.79 Å². The minimum absolute atomic E-state index is 0.120. The Labute approximate surface area is 109 Å². The number of rotatable bonds is 6.